The Labute approximate surface area is 96.8 Å². The molecule has 0 radical (unpaired) electrons. The van der Waals surface area contributed by atoms with Gasteiger partial charge in [0.15, 0.2) is 0 Å². The van der Waals surface area contributed by atoms with Crippen LogP contribution in [0.25, 0.3) is 0 Å². The molecule has 2 fully saturated rings. The third-order valence-electron chi connectivity index (χ3n) is 3.98. The first-order valence-electron chi connectivity index (χ1n) is 6.12. The molecule has 3 atom stereocenters. The first kappa shape index (κ1) is 11.3. The Hall–Kier alpha value is -0.240. The lowest BCUT2D eigenvalue weighted by Crippen LogP contribution is -2.31. The Balaban J connectivity index is 1.64. The maximum atomic E-state index is 11.4. The van der Waals surface area contributed by atoms with Gasteiger partial charge in [-0.05, 0) is 43.4 Å². The summed E-state index contributed by atoms with van der Waals surface area (Å²) in [5, 5.41) is 3.05. The maximum Gasteiger partial charge on any atom is 0.220 e. The molecule has 86 valence electrons. The van der Waals surface area contributed by atoms with Crippen molar-refractivity contribution in [1.29, 1.82) is 0 Å². The molecule has 1 N–H and O–H groups in total. The van der Waals surface area contributed by atoms with Crippen molar-refractivity contribution in [3.63, 3.8) is 0 Å². The Kier molecular flexibility index (Phi) is 3.90. The second-order valence-corrected chi connectivity index (χ2v) is 5.41. The number of hydrogen-bond acceptors (Lipinski definition) is 1. The van der Waals surface area contributed by atoms with Crippen molar-refractivity contribution in [2.24, 2.45) is 17.8 Å². The standard InChI is InChI=1S/C12H20ClNO/c13-5-1-2-12(15)14-8-11-7-9-3-4-10(11)6-9/h9-11H,1-8H2,(H,14,15). The summed E-state index contributed by atoms with van der Waals surface area (Å²) in [6.07, 6.45) is 6.98. The molecule has 2 bridgehead atoms. The lowest BCUT2D eigenvalue weighted by atomic mass is 9.89. The molecule has 0 aromatic rings. The highest BCUT2D eigenvalue weighted by Crippen LogP contribution is 2.47. The van der Waals surface area contributed by atoms with Gasteiger partial charge in [-0.25, -0.2) is 0 Å². The Morgan fingerprint density at radius 2 is 2.20 bits per heavy atom. The van der Waals surface area contributed by atoms with E-state index in [4.69, 9.17) is 11.6 Å². The van der Waals surface area contributed by atoms with Gasteiger partial charge in [0.2, 0.25) is 5.91 Å². The minimum atomic E-state index is 0.179. The molecule has 2 saturated carbocycles. The van der Waals surface area contributed by atoms with Gasteiger partial charge >= 0.3 is 0 Å². The highest BCUT2D eigenvalue weighted by molar-refractivity contribution is 6.17. The number of amides is 1. The van der Waals surface area contributed by atoms with E-state index < -0.39 is 0 Å². The van der Waals surface area contributed by atoms with Crippen molar-refractivity contribution in [2.45, 2.75) is 38.5 Å². The van der Waals surface area contributed by atoms with Gasteiger partial charge in [0.1, 0.15) is 0 Å². The number of carbonyl (C=O) groups is 1. The number of alkyl halides is 1. The minimum Gasteiger partial charge on any atom is -0.356 e. The molecule has 15 heavy (non-hydrogen) atoms. The number of fused-ring (bicyclic) bond motifs is 2. The summed E-state index contributed by atoms with van der Waals surface area (Å²) in [4.78, 5) is 11.4. The summed E-state index contributed by atoms with van der Waals surface area (Å²) in [5.41, 5.74) is 0. The van der Waals surface area contributed by atoms with Gasteiger partial charge in [-0.3, -0.25) is 4.79 Å². The van der Waals surface area contributed by atoms with E-state index in [9.17, 15) is 4.79 Å². The lowest BCUT2D eigenvalue weighted by Gasteiger charge is -2.21. The highest BCUT2D eigenvalue weighted by Gasteiger charge is 2.39. The summed E-state index contributed by atoms with van der Waals surface area (Å²) >= 11 is 5.54. The number of halogens is 1. The van der Waals surface area contributed by atoms with Gasteiger partial charge in [0.25, 0.3) is 0 Å². The molecule has 2 aliphatic carbocycles. The molecule has 1 amide bonds. The van der Waals surface area contributed by atoms with E-state index in [0.29, 0.717) is 12.3 Å². The van der Waals surface area contributed by atoms with Crippen LogP contribution < -0.4 is 5.32 Å². The van der Waals surface area contributed by atoms with Crippen molar-refractivity contribution < 1.29 is 4.79 Å². The van der Waals surface area contributed by atoms with Crippen LogP contribution in [0.15, 0.2) is 0 Å². The van der Waals surface area contributed by atoms with E-state index in [1.807, 2.05) is 0 Å². The van der Waals surface area contributed by atoms with Crippen molar-refractivity contribution in [2.75, 3.05) is 12.4 Å². The van der Waals surface area contributed by atoms with Crippen LogP contribution in [-0.4, -0.2) is 18.3 Å². The molecule has 2 rings (SSSR count). The van der Waals surface area contributed by atoms with Gasteiger partial charge in [0.05, 0.1) is 0 Å². The van der Waals surface area contributed by atoms with Crippen LogP contribution in [0, 0.1) is 17.8 Å². The van der Waals surface area contributed by atoms with Crippen LogP contribution >= 0.6 is 11.6 Å². The zero-order valence-electron chi connectivity index (χ0n) is 9.18. The van der Waals surface area contributed by atoms with Crippen molar-refractivity contribution >= 4 is 17.5 Å². The zero-order valence-corrected chi connectivity index (χ0v) is 9.93. The Morgan fingerprint density at radius 3 is 2.80 bits per heavy atom. The van der Waals surface area contributed by atoms with E-state index in [0.717, 1.165) is 30.7 Å². The van der Waals surface area contributed by atoms with Crippen LogP contribution in [0.3, 0.4) is 0 Å². The van der Waals surface area contributed by atoms with E-state index in [1.54, 1.807) is 0 Å². The van der Waals surface area contributed by atoms with Gasteiger partial charge in [-0.2, -0.15) is 0 Å². The second kappa shape index (κ2) is 5.20. The summed E-state index contributed by atoms with van der Waals surface area (Å²) in [6, 6.07) is 0. The maximum absolute atomic E-state index is 11.4. The fourth-order valence-corrected chi connectivity index (χ4v) is 3.32. The summed E-state index contributed by atoms with van der Waals surface area (Å²) in [7, 11) is 0. The van der Waals surface area contributed by atoms with Gasteiger partial charge in [0, 0.05) is 18.8 Å². The van der Waals surface area contributed by atoms with E-state index in [2.05, 4.69) is 5.32 Å². The second-order valence-electron chi connectivity index (χ2n) is 5.03. The van der Waals surface area contributed by atoms with Crippen LogP contribution in [0.5, 0.6) is 0 Å². The molecule has 3 unspecified atom stereocenters. The molecular weight excluding hydrogens is 210 g/mol. The summed E-state index contributed by atoms with van der Waals surface area (Å²) < 4.78 is 0. The number of nitrogens with one attached hydrogen (secondary N) is 1. The van der Waals surface area contributed by atoms with Crippen LogP contribution in [0.4, 0.5) is 0 Å². The zero-order chi connectivity index (χ0) is 10.7. The van der Waals surface area contributed by atoms with E-state index in [-0.39, 0.29) is 5.91 Å². The molecular formula is C12H20ClNO. The predicted molar refractivity (Wildman–Crippen MR) is 61.9 cm³/mol. The topological polar surface area (TPSA) is 29.1 Å². The lowest BCUT2D eigenvalue weighted by molar-refractivity contribution is -0.121. The number of rotatable bonds is 5. The molecule has 0 aromatic carbocycles. The third-order valence-corrected chi connectivity index (χ3v) is 4.25. The van der Waals surface area contributed by atoms with Crippen molar-refractivity contribution in [3.8, 4) is 0 Å². The number of hydrogen-bond donors (Lipinski definition) is 1. The molecule has 0 spiro atoms. The summed E-state index contributed by atoms with van der Waals surface area (Å²) in [5.74, 6) is 3.41. The normalized spacial score (nSPS) is 33.3. The molecule has 0 aliphatic heterocycles. The van der Waals surface area contributed by atoms with Crippen LogP contribution in [0.1, 0.15) is 38.5 Å². The Bertz CT molecular complexity index is 232. The SMILES string of the molecule is O=C(CCCCl)NCC1CC2CCC1C2. The fourth-order valence-electron chi connectivity index (χ4n) is 3.19. The van der Waals surface area contributed by atoms with Crippen molar-refractivity contribution in [1.82, 2.24) is 5.32 Å². The van der Waals surface area contributed by atoms with Crippen LogP contribution in [0.2, 0.25) is 0 Å². The monoisotopic (exact) mass is 229 g/mol. The average Bonchev–Trinajstić information content (AvgIpc) is 2.84. The first-order chi connectivity index (χ1) is 7.29. The molecule has 0 aromatic heterocycles. The Morgan fingerprint density at radius 1 is 1.33 bits per heavy atom. The minimum absolute atomic E-state index is 0.179. The predicted octanol–water partition coefficient (Wildman–Crippen LogP) is 2.56. The quantitative estimate of drug-likeness (QED) is 0.722. The molecule has 2 aliphatic rings. The van der Waals surface area contributed by atoms with Crippen molar-refractivity contribution in [3.05, 3.63) is 0 Å². The molecule has 3 heteroatoms. The van der Waals surface area contributed by atoms with Gasteiger partial charge < -0.3 is 5.32 Å². The smallest absolute Gasteiger partial charge is 0.220 e. The summed E-state index contributed by atoms with van der Waals surface area (Å²) in [6.45, 7) is 0.905. The average molecular weight is 230 g/mol. The highest BCUT2D eigenvalue weighted by atomic mass is 35.5. The largest absolute Gasteiger partial charge is 0.356 e. The van der Waals surface area contributed by atoms with E-state index >= 15 is 0 Å². The third kappa shape index (κ3) is 2.87. The van der Waals surface area contributed by atoms with E-state index in [1.165, 1.54) is 25.7 Å². The van der Waals surface area contributed by atoms with Gasteiger partial charge in [-0.1, -0.05) is 6.42 Å². The number of carbonyl (C=O) groups excluding carboxylic acids is 1. The first-order valence-corrected chi connectivity index (χ1v) is 6.65. The van der Waals surface area contributed by atoms with Crippen LogP contribution in [-0.2, 0) is 4.79 Å². The van der Waals surface area contributed by atoms with Gasteiger partial charge in [-0.15, -0.1) is 11.6 Å². The molecule has 0 heterocycles. The molecule has 2 nitrogen and oxygen atoms in total. The fraction of sp³-hybridized carbons (Fsp3) is 0.917. The molecule has 0 saturated heterocycles.